The monoisotopic (exact) mass is 351 g/mol. The molecule has 3 nitrogen and oxygen atoms in total. The molecular formula is C23H29NO2. The Labute approximate surface area is 157 Å². The van der Waals surface area contributed by atoms with Crippen molar-refractivity contribution in [3.63, 3.8) is 0 Å². The highest BCUT2D eigenvalue weighted by atomic mass is 16.5. The maximum atomic E-state index is 13.5. The summed E-state index contributed by atoms with van der Waals surface area (Å²) in [6.45, 7) is 8.51. The van der Waals surface area contributed by atoms with Gasteiger partial charge >= 0.3 is 0 Å². The molecule has 2 aromatic carbocycles. The molecule has 0 spiro atoms. The first-order valence-corrected chi connectivity index (χ1v) is 9.64. The van der Waals surface area contributed by atoms with Crippen LogP contribution in [-0.4, -0.2) is 43.5 Å². The van der Waals surface area contributed by atoms with Crippen molar-refractivity contribution in [1.82, 2.24) is 4.90 Å². The summed E-state index contributed by atoms with van der Waals surface area (Å²) in [4.78, 5) is 15.9. The van der Waals surface area contributed by atoms with Crippen LogP contribution in [0.5, 0.6) is 0 Å². The Bertz CT molecular complexity index is 653. The fraction of sp³-hybridized carbons (Fsp3) is 0.435. The number of ether oxygens (including phenoxy) is 1. The summed E-state index contributed by atoms with van der Waals surface area (Å²) in [5.41, 5.74) is 1.58. The van der Waals surface area contributed by atoms with Gasteiger partial charge in [0, 0.05) is 26.1 Å². The summed E-state index contributed by atoms with van der Waals surface area (Å²) in [6, 6.07) is 20.6. The zero-order valence-corrected chi connectivity index (χ0v) is 15.9. The molecule has 1 heterocycles. The smallest absolute Gasteiger partial charge is 0.147 e. The average molecular weight is 351 g/mol. The van der Waals surface area contributed by atoms with Crippen molar-refractivity contribution in [2.24, 2.45) is 5.92 Å². The van der Waals surface area contributed by atoms with Gasteiger partial charge in [0.1, 0.15) is 5.78 Å². The van der Waals surface area contributed by atoms with Crippen molar-refractivity contribution >= 4 is 5.78 Å². The number of carbonyl (C=O) groups excluding carboxylic acids is 1. The molecule has 0 radical (unpaired) electrons. The lowest BCUT2D eigenvalue weighted by Gasteiger charge is -2.42. The Morgan fingerprint density at radius 3 is 1.96 bits per heavy atom. The number of morpholine rings is 1. The minimum atomic E-state index is -0.616. The zero-order chi connectivity index (χ0) is 18.4. The largest absolute Gasteiger partial charge is 0.379 e. The molecule has 0 amide bonds. The molecule has 1 fully saturated rings. The predicted molar refractivity (Wildman–Crippen MR) is 105 cm³/mol. The topological polar surface area (TPSA) is 29.5 Å². The van der Waals surface area contributed by atoms with Gasteiger partial charge in [0.15, 0.2) is 0 Å². The molecule has 3 rings (SSSR count). The van der Waals surface area contributed by atoms with E-state index >= 15 is 0 Å². The number of Topliss-reactive ketones (excluding diaryl/α,β-unsaturated/α-hetero) is 1. The van der Waals surface area contributed by atoms with E-state index in [1.807, 2.05) is 43.3 Å². The van der Waals surface area contributed by atoms with Crippen LogP contribution in [0.4, 0.5) is 0 Å². The summed E-state index contributed by atoms with van der Waals surface area (Å²) >= 11 is 0. The average Bonchev–Trinajstić information content (AvgIpc) is 2.71. The molecule has 0 bridgehead atoms. The molecule has 138 valence electrons. The molecule has 3 heteroatoms. The zero-order valence-electron chi connectivity index (χ0n) is 15.9. The van der Waals surface area contributed by atoms with Gasteiger partial charge in [-0.2, -0.15) is 0 Å². The first-order chi connectivity index (χ1) is 12.7. The first kappa shape index (κ1) is 18.8. The van der Waals surface area contributed by atoms with Crippen LogP contribution in [-0.2, 0) is 14.9 Å². The van der Waals surface area contributed by atoms with Gasteiger partial charge in [0.2, 0.25) is 0 Å². The molecule has 26 heavy (non-hydrogen) atoms. The van der Waals surface area contributed by atoms with Crippen molar-refractivity contribution < 1.29 is 9.53 Å². The maximum Gasteiger partial charge on any atom is 0.147 e. The maximum absolute atomic E-state index is 13.5. The fourth-order valence-electron chi connectivity index (χ4n) is 4.32. The number of benzene rings is 2. The number of hydrogen-bond acceptors (Lipinski definition) is 3. The van der Waals surface area contributed by atoms with Crippen LogP contribution >= 0.6 is 0 Å². The van der Waals surface area contributed by atoms with E-state index in [4.69, 9.17) is 4.74 Å². The first-order valence-electron chi connectivity index (χ1n) is 9.64. The van der Waals surface area contributed by atoms with Gasteiger partial charge in [-0.1, -0.05) is 74.5 Å². The Morgan fingerprint density at radius 1 is 1.00 bits per heavy atom. The van der Waals surface area contributed by atoms with Gasteiger partial charge in [-0.25, -0.2) is 0 Å². The Morgan fingerprint density at radius 2 is 1.50 bits per heavy atom. The minimum absolute atomic E-state index is 0.165. The molecule has 0 N–H and O–H groups in total. The molecule has 1 atom stereocenters. The van der Waals surface area contributed by atoms with Crippen LogP contribution < -0.4 is 0 Å². The lowest BCUT2D eigenvalue weighted by atomic mass is 9.63. The Hall–Kier alpha value is -1.97. The van der Waals surface area contributed by atoms with Crippen molar-refractivity contribution in [2.45, 2.75) is 25.7 Å². The summed E-state index contributed by atoms with van der Waals surface area (Å²) in [5, 5.41) is 0. The SMILES string of the molecule is CCC(=O)C(c1ccccc1)(c1ccccc1)C(C)CN1CCOCC1. The van der Waals surface area contributed by atoms with Crippen molar-refractivity contribution in [1.29, 1.82) is 0 Å². The summed E-state index contributed by atoms with van der Waals surface area (Å²) in [5.74, 6) is 0.452. The van der Waals surface area contributed by atoms with Crippen LogP contribution in [0.2, 0.25) is 0 Å². The molecule has 0 aromatic heterocycles. The van der Waals surface area contributed by atoms with Gasteiger partial charge < -0.3 is 4.74 Å². The van der Waals surface area contributed by atoms with E-state index in [0.29, 0.717) is 6.42 Å². The second-order valence-electron chi connectivity index (χ2n) is 7.13. The number of carbonyl (C=O) groups is 1. The number of ketones is 1. The third-order valence-electron chi connectivity index (χ3n) is 5.59. The molecular weight excluding hydrogens is 322 g/mol. The quantitative estimate of drug-likeness (QED) is 0.757. The normalized spacial score (nSPS) is 17.0. The van der Waals surface area contributed by atoms with E-state index in [1.54, 1.807) is 0 Å². The third kappa shape index (κ3) is 3.60. The van der Waals surface area contributed by atoms with Gasteiger partial charge in [0.05, 0.1) is 18.6 Å². The molecule has 1 unspecified atom stereocenters. The predicted octanol–water partition coefficient (Wildman–Crippen LogP) is 3.92. The number of hydrogen-bond donors (Lipinski definition) is 0. The van der Waals surface area contributed by atoms with Gasteiger partial charge in [-0.05, 0) is 17.0 Å². The lowest BCUT2D eigenvalue weighted by molar-refractivity contribution is -0.125. The third-order valence-corrected chi connectivity index (χ3v) is 5.59. The van der Waals surface area contributed by atoms with Crippen molar-refractivity contribution in [2.75, 3.05) is 32.8 Å². The van der Waals surface area contributed by atoms with Gasteiger partial charge in [-0.3, -0.25) is 9.69 Å². The fourth-order valence-corrected chi connectivity index (χ4v) is 4.32. The Kier molecular flexibility index (Phi) is 6.23. The highest BCUT2D eigenvalue weighted by Gasteiger charge is 2.45. The van der Waals surface area contributed by atoms with Crippen molar-refractivity contribution in [3.8, 4) is 0 Å². The standard InChI is InChI=1S/C23H29NO2/c1-3-22(25)23(20-10-6-4-7-11-20,21-12-8-5-9-13-21)19(2)18-24-14-16-26-17-15-24/h4-13,19H,3,14-18H2,1-2H3. The van der Waals surface area contributed by atoms with E-state index in [0.717, 1.165) is 44.0 Å². The second kappa shape index (κ2) is 8.61. The van der Waals surface area contributed by atoms with Crippen molar-refractivity contribution in [3.05, 3.63) is 71.8 Å². The minimum Gasteiger partial charge on any atom is -0.379 e. The van der Waals surface area contributed by atoms with E-state index in [2.05, 4.69) is 36.1 Å². The van der Waals surface area contributed by atoms with E-state index in [9.17, 15) is 4.79 Å². The lowest BCUT2D eigenvalue weighted by Crippen LogP contribution is -2.49. The van der Waals surface area contributed by atoms with Crippen LogP contribution in [0.15, 0.2) is 60.7 Å². The van der Waals surface area contributed by atoms with Crippen LogP contribution in [0.25, 0.3) is 0 Å². The molecule has 1 saturated heterocycles. The molecule has 1 aliphatic rings. The van der Waals surface area contributed by atoms with Crippen LogP contribution in [0.3, 0.4) is 0 Å². The highest BCUT2D eigenvalue weighted by molar-refractivity contribution is 5.94. The second-order valence-corrected chi connectivity index (χ2v) is 7.13. The summed E-state index contributed by atoms with van der Waals surface area (Å²) in [6.07, 6.45) is 0.525. The molecule has 1 aliphatic heterocycles. The molecule has 0 aliphatic carbocycles. The highest BCUT2D eigenvalue weighted by Crippen LogP contribution is 2.41. The number of nitrogens with zero attached hydrogens (tertiary/aromatic N) is 1. The Balaban J connectivity index is 2.08. The molecule has 0 saturated carbocycles. The van der Waals surface area contributed by atoms with E-state index in [-0.39, 0.29) is 11.7 Å². The van der Waals surface area contributed by atoms with E-state index < -0.39 is 5.41 Å². The van der Waals surface area contributed by atoms with Gasteiger partial charge in [-0.15, -0.1) is 0 Å². The summed E-state index contributed by atoms with van der Waals surface area (Å²) in [7, 11) is 0. The summed E-state index contributed by atoms with van der Waals surface area (Å²) < 4.78 is 5.50. The van der Waals surface area contributed by atoms with Gasteiger partial charge in [0.25, 0.3) is 0 Å². The number of rotatable bonds is 7. The van der Waals surface area contributed by atoms with E-state index in [1.165, 1.54) is 0 Å². The molecule has 2 aromatic rings. The van der Waals surface area contributed by atoms with Crippen LogP contribution in [0.1, 0.15) is 31.4 Å². The van der Waals surface area contributed by atoms with Crippen LogP contribution in [0, 0.1) is 5.92 Å².